The molecule has 1 saturated heterocycles. The first-order valence-electron chi connectivity index (χ1n) is 6.37. The highest BCUT2D eigenvalue weighted by Crippen LogP contribution is 2.19. The van der Waals surface area contributed by atoms with Gasteiger partial charge in [0.1, 0.15) is 0 Å². The summed E-state index contributed by atoms with van der Waals surface area (Å²) in [5.41, 5.74) is 1.66. The minimum Gasteiger partial charge on any atom is -0.391 e. The molecule has 4 heteroatoms. The summed E-state index contributed by atoms with van der Waals surface area (Å²) >= 11 is 0. The average molecular weight is 248 g/mol. The zero-order chi connectivity index (χ0) is 13.1. The molecule has 1 aliphatic heterocycles. The van der Waals surface area contributed by atoms with E-state index in [1.807, 2.05) is 38.2 Å². The van der Waals surface area contributed by atoms with Gasteiger partial charge in [-0.2, -0.15) is 0 Å². The lowest BCUT2D eigenvalue weighted by Gasteiger charge is -2.34. The first-order chi connectivity index (χ1) is 8.61. The Morgan fingerprint density at radius 1 is 1.39 bits per heavy atom. The van der Waals surface area contributed by atoms with Crippen LogP contribution < -0.4 is 5.32 Å². The topological polar surface area (TPSA) is 52.6 Å². The van der Waals surface area contributed by atoms with E-state index in [9.17, 15) is 9.90 Å². The third kappa shape index (κ3) is 2.64. The largest absolute Gasteiger partial charge is 0.391 e. The van der Waals surface area contributed by atoms with Crippen LogP contribution in [0.3, 0.4) is 0 Å². The number of rotatable bonds is 2. The summed E-state index contributed by atoms with van der Waals surface area (Å²) in [6.07, 6.45) is 0.459. The van der Waals surface area contributed by atoms with Crippen molar-refractivity contribution in [2.75, 3.05) is 25.5 Å². The van der Waals surface area contributed by atoms with Gasteiger partial charge in [-0.05, 0) is 36.6 Å². The van der Waals surface area contributed by atoms with Gasteiger partial charge in [-0.3, -0.25) is 4.79 Å². The maximum atomic E-state index is 12.2. The molecule has 2 atom stereocenters. The van der Waals surface area contributed by atoms with Gasteiger partial charge in [0.2, 0.25) is 0 Å². The predicted molar refractivity (Wildman–Crippen MR) is 71.7 cm³/mol. The molecular weight excluding hydrogens is 228 g/mol. The molecule has 0 spiro atoms. The van der Waals surface area contributed by atoms with Gasteiger partial charge in [-0.1, -0.05) is 6.92 Å². The minimum absolute atomic E-state index is 0.00334. The van der Waals surface area contributed by atoms with E-state index < -0.39 is 6.10 Å². The van der Waals surface area contributed by atoms with Gasteiger partial charge in [0.05, 0.1) is 6.10 Å². The number of piperidine rings is 1. The van der Waals surface area contributed by atoms with Crippen LogP contribution in [0, 0.1) is 5.92 Å². The van der Waals surface area contributed by atoms with Gasteiger partial charge in [0.25, 0.3) is 5.91 Å². The first-order valence-corrected chi connectivity index (χ1v) is 6.37. The minimum atomic E-state index is -0.403. The van der Waals surface area contributed by atoms with Gasteiger partial charge in [-0.25, -0.2) is 0 Å². The third-order valence-electron chi connectivity index (χ3n) is 3.63. The van der Waals surface area contributed by atoms with Gasteiger partial charge < -0.3 is 15.3 Å². The molecule has 0 aliphatic carbocycles. The maximum Gasteiger partial charge on any atom is 0.253 e. The van der Waals surface area contributed by atoms with E-state index in [0.717, 1.165) is 18.7 Å². The molecule has 0 bridgehead atoms. The number of hydrogen-bond acceptors (Lipinski definition) is 3. The quantitative estimate of drug-likeness (QED) is 0.835. The van der Waals surface area contributed by atoms with Crippen LogP contribution in [0.15, 0.2) is 24.3 Å². The molecule has 0 aromatic heterocycles. The molecule has 1 aliphatic rings. The molecule has 1 fully saturated rings. The molecule has 2 unspecified atom stereocenters. The van der Waals surface area contributed by atoms with Gasteiger partial charge in [0.15, 0.2) is 0 Å². The van der Waals surface area contributed by atoms with E-state index in [2.05, 4.69) is 5.32 Å². The smallest absolute Gasteiger partial charge is 0.253 e. The Kier molecular flexibility index (Phi) is 3.87. The normalized spacial score (nSPS) is 23.8. The van der Waals surface area contributed by atoms with Crippen molar-refractivity contribution in [3.63, 3.8) is 0 Å². The van der Waals surface area contributed by atoms with Crippen molar-refractivity contribution in [3.05, 3.63) is 29.8 Å². The van der Waals surface area contributed by atoms with Crippen molar-refractivity contribution in [2.24, 2.45) is 5.92 Å². The number of nitrogens with one attached hydrogen (secondary N) is 1. The summed E-state index contributed by atoms with van der Waals surface area (Å²) < 4.78 is 0. The molecule has 2 rings (SSSR count). The molecule has 1 aromatic rings. The summed E-state index contributed by atoms with van der Waals surface area (Å²) in [5.74, 6) is 0.282. The van der Waals surface area contributed by atoms with E-state index in [-0.39, 0.29) is 11.8 Å². The Bertz CT molecular complexity index is 416. The number of benzene rings is 1. The van der Waals surface area contributed by atoms with E-state index in [0.29, 0.717) is 12.1 Å². The fourth-order valence-corrected chi connectivity index (χ4v) is 2.20. The second-order valence-corrected chi connectivity index (χ2v) is 4.91. The molecule has 1 heterocycles. The second kappa shape index (κ2) is 5.40. The number of aliphatic hydroxyl groups excluding tert-OH is 1. The Morgan fingerprint density at radius 2 is 2.06 bits per heavy atom. The Balaban J connectivity index is 2.06. The number of hydrogen-bond donors (Lipinski definition) is 2. The molecule has 0 radical (unpaired) electrons. The molecular formula is C14H20N2O2. The molecule has 1 aromatic carbocycles. The second-order valence-electron chi connectivity index (χ2n) is 4.91. The molecule has 2 N–H and O–H groups in total. The summed E-state index contributed by atoms with van der Waals surface area (Å²) in [6, 6.07) is 7.41. The fourth-order valence-electron chi connectivity index (χ4n) is 2.20. The van der Waals surface area contributed by atoms with Crippen molar-refractivity contribution in [1.82, 2.24) is 4.90 Å². The van der Waals surface area contributed by atoms with Crippen LogP contribution in [0.5, 0.6) is 0 Å². The van der Waals surface area contributed by atoms with Crippen molar-refractivity contribution < 1.29 is 9.90 Å². The van der Waals surface area contributed by atoms with E-state index in [4.69, 9.17) is 0 Å². The van der Waals surface area contributed by atoms with E-state index in [1.165, 1.54) is 0 Å². The van der Waals surface area contributed by atoms with Gasteiger partial charge >= 0.3 is 0 Å². The highest BCUT2D eigenvalue weighted by Gasteiger charge is 2.27. The Hall–Kier alpha value is -1.55. The number of anilines is 1. The fraction of sp³-hybridized carbons (Fsp3) is 0.500. The number of carbonyl (C=O) groups is 1. The summed E-state index contributed by atoms with van der Waals surface area (Å²) in [7, 11) is 1.85. The maximum absolute atomic E-state index is 12.2. The van der Waals surface area contributed by atoms with Crippen LogP contribution in [0.4, 0.5) is 5.69 Å². The van der Waals surface area contributed by atoms with E-state index >= 15 is 0 Å². The highest BCUT2D eigenvalue weighted by atomic mass is 16.3. The number of aliphatic hydroxyl groups is 1. The van der Waals surface area contributed by atoms with Crippen LogP contribution in [0.25, 0.3) is 0 Å². The Morgan fingerprint density at radius 3 is 2.61 bits per heavy atom. The number of amides is 1. The van der Waals surface area contributed by atoms with E-state index in [1.54, 1.807) is 4.90 Å². The van der Waals surface area contributed by atoms with Crippen molar-refractivity contribution >= 4 is 11.6 Å². The molecule has 98 valence electrons. The van der Waals surface area contributed by atoms with Crippen molar-refractivity contribution in [3.8, 4) is 0 Å². The predicted octanol–water partition coefficient (Wildman–Crippen LogP) is 1.57. The number of likely N-dealkylation sites (tertiary alicyclic amines) is 1. The zero-order valence-electron chi connectivity index (χ0n) is 10.9. The monoisotopic (exact) mass is 248 g/mol. The van der Waals surface area contributed by atoms with Crippen LogP contribution in [-0.2, 0) is 0 Å². The highest BCUT2D eigenvalue weighted by molar-refractivity contribution is 5.94. The number of carbonyl (C=O) groups excluding carboxylic acids is 1. The lowest BCUT2D eigenvalue weighted by molar-refractivity contribution is 0.0248. The summed E-state index contributed by atoms with van der Waals surface area (Å²) in [5, 5.41) is 12.8. The van der Waals surface area contributed by atoms with Crippen LogP contribution in [-0.4, -0.2) is 42.2 Å². The number of β-amino-alcohol motifs (C(OH)–C–C–N with tert-alkyl or cyclic N) is 1. The number of nitrogens with zero attached hydrogens (tertiary/aromatic N) is 1. The third-order valence-corrected chi connectivity index (χ3v) is 3.63. The van der Waals surface area contributed by atoms with Gasteiger partial charge in [0, 0.05) is 31.4 Å². The molecule has 4 nitrogen and oxygen atoms in total. The van der Waals surface area contributed by atoms with Crippen LogP contribution >= 0.6 is 0 Å². The van der Waals surface area contributed by atoms with Gasteiger partial charge in [-0.15, -0.1) is 0 Å². The first kappa shape index (κ1) is 12.9. The summed E-state index contributed by atoms with van der Waals surface area (Å²) in [4.78, 5) is 14.0. The summed E-state index contributed by atoms with van der Waals surface area (Å²) in [6.45, 7) is 3.19. The zero-order valence-corrected chi connectivity index (χ0v) is 10.9. The van der Waals surface area contributed by atoms with Crippen molar-refractivity contribution in [1.29, 1.82) is 0 Å². The molecule has 18 heavy (non-hydrogen) atoms. The van der Waals surface area contributed by atoms with Crippen LogP contribution in [0.2, 0.25) is 0 Å². The lowest BCUT2D eigenvalue weighted by Crippen LogP contribution is -2.45. The van der Waals surface area contributed by atoms with Crippen LogP contribution in [0.1, 0.15) is 23.7 Å². The lowest BCUT2D eigenvalue weighted by atomic mass is 9.95. The SMILES string of the molecule is CNc1ccc(C(=O)N2CCC(C)C(O)C2)cc1. The molecule has 0 saturated carbocycles. The van der Waals surface area contributed by atoms with Crippen molar-refractivity contribution in [2.45, 2.75) is 19.4 Å². The standard InChI is InChI=1S/C14H20N2O2/c1-10-7-8-16(9-13(10)17)14(18)11-3-5-12(15-2)6-4-11/h3-6,10,13,15,17H,7-9H2,1-2H3. The molecule has 1 amide bonds. The average Bonchev–Trinajstić information content (AvgIpc) is 2.41. The Labute approximate surface area is 108 Å².